The molecule has 2 aliphatic heterocycles. The molecule has 0 N–H and O–H groups in total. The van der Waals surface area contributed by atoms with E-state index < -0.39 is 0 Å². The van der Waals surface area contributed by atoms with Crippen LogP contribution in [0.25, 0.3) is 0 Å². The average Bonchev–Trinajstić information content (AvgIpc) is 2.62. The SMILES string of the molecule is COc1ccc(CN2CC3CC(C2)c2cccc(=O)n2C3)cc1OC.Cl. The maximum Gasteiger partial charge on any atom is 0.250 e. The van der Waals surface area contributed by atoms with E-state index in [4.69, 9.17) is 9.47 Å². The highest BCUT2D eigenvalue weighted by atomic mass is 35.5. The average molecular weight is 377 g/mol. The van der Waals surface area contributed by atoms with Gasteiger partial charge in [0, 0.05) is 43.9 Å². The third kappa shape index (κ3) is 3.46. The highest BCUT2D eigenvalue weighted by Crippen LogP contribution is 2.36. The van der Waals surface area contributed by atoms with E-state index in [0.29, 0.717) is 11.8 Å². The Labute approximate surface area is 159 Å². The zero-order valence-electron chi connectivity index (χ0n) is 15.2. The van der Waals surface area contributed by atoms with Gasteiger partial charge in [-0.1, -0.05) is 12.1 Å². The summed E-state index contributed by atoms with van der Waals surface area (Å²) in [4.78, 5) is 14.6. The number of hydrogen-bond acceptors (Lipinski definition) is 4. The minimum Gasteiger partial charge on any atom is -0.493 e. The molecule has 0 saturated carbocycles. The van der Waals surface area contributed by atoms with E-state index in [1.807, 2.05) is 16.7 Å². The van der Waals surface area contributed by atoms with Crippen LogP contribution in [0, 0.1) is 5.92 Å². The summed E-state index contributed by atoms with van der Waals surface area (Å²) in [6.07, 6.45) is 1.19. The van der Waals surface area contributed by atoms with Gasteiger partial charge in [-0.2, -0.15) is 0 Å². The largest absolute Gasteiger partial charge is 0.493 e. The Hall–Kier alpha value is -1.98. The monoisotopic (exact) mass is 376 g/mol. The maximum atomic E-state index is 12.1. The van der Waals surface area contributed by atoms with Gasteiger partial charge in [-0.15, -0.1) is 12.4 Å². The second kappa shape index (κ2) is 7.72. The van der Waals surface area contributed by atoms with Crippen molar-refractivity contribution >= 4 is 12.4 Å². The molecule has 6 heteroatoms. The summed E-state index contributed by atoms with van der Waals surface area (Å²) in [5.74, 6) is 2.53. The van der Waals surface area contributed by atoms with Gasteiger partial charge < -0.3 is 14.0 Å². The molecule has 3 heterocycles. The van der Waals surface area contributed by atoms with Crippen molar-refractivity contribution in [3.8, 4) is 11.5 Å². The summed E-state index contributed by atoms with van der Waals surface area (Å²) in [6.45, 7) is 3.76. The van der Waals surface area contributed by atoms with Gasteiger partial charge in [-0.3, -0.25) is 9.69 Å². The van der Waals surface area contributed by atoms with Gasteiger partial charge in [0.15, 0.2) is 11.5 Å². The van der Waals surface area contributed by atoms with E-state index in [1.54, 1.807) is 20.3 Å². The number of fused-ring (bicyclic) bond motifs is 4. The molecule has 1 fully saturated rings. The predicted molar refractivity (Wildman–Crippen MR) is 104 cm³/mol. The molecule has 1 aromatic carbocycles. The number of rotatable bonds is 4. The van der Waals surface area contributed by atoms with Crippen molar-refractivity contribution in [3.05, 3.63) is 58.0 Å². The minimum atomic E-state index is 0. The number of aromatic nitrogens is 1. The number of hydrogen-bond donors (Lipinski definition) is 0. The van der Waals surface area contributed by atoms with Crippen LogP contribution in [-0.2, 0) is 13.1 Å². The Morgan fingerprint density at radius 3 is 2.62 bits per heavy atom. The molecule has 2 atom stereocenters. The van der Waals surface area contributed by atoms with Crippen molar-refractivity contribution in [1.29, 1.82) is 0 Å². The Morgan fingerprint density at radius 1 is 1.04 bits per heavy atom. The van der Waals surface area contributed by atoms with Crippen molar-refractivity contribution in [2.75, 3.05) is 27.3 Å². The van der Waals surface area contributed by atoms with Crippen LogP contribution in [0.4, 0.5) is 0 Å². The van der Waals surface area contributed by atoms with Crippen molar-refractivity contribution in [1.82, 2.24) is 9.47 Å². The molecule has 0 amide bonds. The lowest BCUT2D eigenvalue weighted by Gasteiger charge is -2.42. The molecule has 2 unspecified atom stereocenters. The quantitative estimate of drug-likeness (QED) is 0.823. The topological polar surface area (TPSA) is 43.7 Å². The standard InChI is InChI=1S/C20H24N2O3.ClH/c1-24-18-7-6-14(9-19(18)25-2)10-21-11-15-8-16(13-21)17-4-3-5-20(23)22(17)12-15;/h3-7,9,15-16H,8,10-13H2,1-2H3;1H. The molecular formula is C20H25ClN2O3. The first kappa shape index (κ1) is 18.8. The second-order valence-corrected chi connectivity index (χ2v) is 7.08. The van der Waals surface area contributed by atoms with Gasteiger partial charge in [0.05, 0.1) is 14.2 Å². The molecule has 5 nitrogen and oxygen atoms in total. The summed E-state index contributed by atoms with van der Waals surface area (Å²) in [6, 6.07) is 11.8. The molecule has 0 radical (unpaired) electrons. The second-order valence-electron chi connectivity index (χ2n) is 7.08. The highest BCUT2D eigenvalue weighted by Gasteiger charge is 2.34. The number of piperidine rings is 1. The predicted octanol–water partition coefficient (Wildman–Crippen LogP) is 2.91. The molecule has 0 aliphatic carbocycles. The molecule has 2 aliphatic rings. The summed E-state index contributed by atoms with van der Waals surface area (Å²) in [7, 11) is 3.32. The van der Waals surface area contributed by atoms with E-state index in [-0.39, 0.29) is 18.0 Å². The third-order valence-corrected chi connectivity index (χ3v) is 5.41. The first-order chi connectivity index (χ1) is 12.2. The lowest BCUT2D eigenvalue weighted by atomic mass is 9.83. The van der Waals surface area contributed by atoms with Gasteiger partial charge in [-0.05, 0) is 36.1 Å². The van der Waals surface area contributed by atoms with Crippen molar-refractivity contribution in [2.45, 2.75) is 25.4 Å². The molecule has 1 saturated heterocycles. The van der Waals surface area contributed by atoms with Gasteiger partial charge in [0.1, 0.15) is 0 Å². The number of pyridine rings is 1. The molecular weight excluding hydrogens is 352 g/mol. The molecule has 2 bridgehead atoms. The zero-order chi connectivity index (χ0) is 17.4. The highest BCUT2D eigenvalue weighted by molar-refractivity contribution is 5.85. The van der Waals surface area contributed by atoms with Crippen LogP contribution in [0.2, 0.25) is 0 Å². The van der Waals surface area contributed by atoms with Crippen molar-refractivity contribution in [3.63, 3.8) is 0 Å². The van der Waals surface area contributed by atoms with E-state index >= 15 is 0 Å². The number of methoxy groups -OCH3 is 2. The summed E-state index contributed by atoms with van der Waals surface area (Å²) < 4.78 is 12.7. The van der Waals surface area contributed by atoms with Gasteiger partial charge >= 0.3 is 0 Å². The Bertz CT molecular complexity index is 836. The van der Waals surface area contributed by atoms with Gasteiger partial charge in [-0.25, -0.2) is 0 Å². The lowest BCUT2D eigenvalue weighted by Crippen LogP contribution is -2.46. The zero-order valence-corrected chi connectivity index (χ0v) is 16.0. The fourth-order valence-corrected chi connectivity index (χ4v) is 4.36. The van der Waals surface area contributed by atoms with Crippen LogP contribution in [-0.4, -0.2) is 36.8 Å². The fraction of sp³-hybridized carbons (Fsp3) is 0.450. The van der Waals surface area contributed by atoms with Crippen LogP contribution in [0.15, 0.2) is 41.2 Å². The number of benzene rings is 1. The lowest BCUT2D eigenvalue weighted by molar-refractivity contribution is 0.114. The number of likely N-dealkylation sites (tertiary alicyclic amines) is 1. The molecule has 26 heavy (non-hydrogen) atoms. The van der Waals surface area contributed by atoms with Crippen molar-refractivity contribution in [2.24, 2.45) is 5.92 Å². The van der Waals surface area contributed by atoms with Crippen LogP contribution in [0.1, 0.15) is 23.6 Å². The van der Waals surface area contributed by atoms with Crippen LogP contribution >= 0.6 is 12.4 Å². The molecule has 4 rings (SSSR count). The number of ether oxygens (including phenoxy) is 2. The fourth-order valence-electron chi connectivity index (χ4n) is 4.36. The minimum absolute atomic E-state index is 0. The number of nitrogens with zero attached hydrogens (tertiary/aromatic N) is 2. The summed E-state index contributed by atoms with van der Waals surface area (Å²) >= 11 is 0. The van der Waals surface area contributed by atoms with Crippen molar-refractivity contribution < 1.29 is 9.47 Å². The van der Waals surface area contributed by atoms with Gasteiger partial charge in [0.25, 0.3) is 5.56 Å². The van der Waals surface area contributed by atoms with Gasteiger partial charge in [0.2, 0.25) is 0 Å². The third-order valence-electron chi connectivity index (χ3n) is 5.41. The Balaban J connectivity index is 0.00000196. The molecule has 140 valence electrons. The molecule has 0 spiro atoms. The van der Waals surface area contributed by atoms with E-state index in [9.17, 15) is 4.79 Å². The van der Waals surface area contributed by atoms with E-state index in [1.165, 1.54) is 17.7 Å². The van der Waals surface area contributed by atoms with Crippen LogP contribution in [0.3, 0.4) is 0 Å². The van der Waals surface area contributed by atoms with E-state index in [2.05, 4.69) is 23.1 Å². The first-order valence-corrected chi connectivity index (χ1v) is 8.81. The maximum absolute atomic E-state index is 12.1. The van der Waals surface area contributed by atoms with E-state index in [0.717, 1.165) is 37.7 Å². The Morgan fingerprint density at radius 2 is 1.85 bits per heavy atom. The smallest absolute Gasteiger partial charge is 0.250 e. The Kier molecular flexibility index (Phi) is 5.58. The summed E-state index contributed by atoms with van der Waals surface area (Å²) in [5, 5.41) is 0. The number of halogens is 1. The molecule has 2 aromatic rings. The first-order valence-electron chi connectivity index (χ1n) is 8.81. The normalized spacial score (nSPS) is 21.5. The summed E-state index contributed by atoms with van der Waals surface area (Å²) in [5.41, 5.74) is 2.56. The van der Waals surface area contributed by atoms with Crippen LogP contribution < -0.4 is 15.0 Å². The molecule has 1 aromatic heterocycles. The van der Waals surface area contributed by atoms with Crippen LogP contribution in [0.5, 0.6) is 11.5 Å².